The summed E-state index contributed by atoms with van der Waals surface area (Å²) in [6.07, 6.45) is 1.17. The highest BCUT2D eigenvalue weighted by atomic mass is 35.5. The number of aromatic nitrogens is 2. The Labute approximate surface area is 114 Å². The summed E-state index contributed by atoms with van der Waals surface area (Å²) >= 11 is 6.26. The minimum absolute atomic E-state index is 0.0539. The van der Waals surface area contributed by atoms with E-state index in [1.165, 1.54) is 17.5 Å². The molecular weight excluding hydrogens is 244 g/mol. The average molecular weight is 265 g/mol. The second-order valence-electron chi connectivity index (χ2n) is 5.20. The molecule has 1 heterocycles. The molecular formula is C15H21ClN2. The van der Waals surface area contributed by atoms with Crippen LogP contribution in [0.5, 0.6) is 0 Å². The molecule has 2 nitrogen and oxygen atoms in total. The minimum atomic E-state index is -0.0539. The normalized spacial score (nSPS) is 14.9. The number of rotatable bonds is 4. The van der Waals surface area contributed by atoms with Crippen LogP contribution in [0.1, 0.15) is 44.0 Å². The van der Waals surface area contributed by atoms with Crippen molar-refractivity contribution in [1.82, 2.24) is 9.55 Å². The summed E-state index contributed by atoms with van der Waals surface area (Å²) < 4.78 is 2.28. The van der Waals surface area contributed by atoms with Crippen molar-refractivity contribution in [1.29, 1.82) is 0 Å². The summed E-state index contributed by atoms with van der Waals surface area (Å²) in [6, 6.07) is 6.42. The van der Waals surface area contributed by atoms with Crippen molar-refractivity contribution in [2.24, 2.45) is 5.92 Å². The fourth-order valence-corrected chi connectivity index (χ4v) is 2.36. The Bertz CT molecular complexity index is 543. The van der Waals surface area contributed by atoms with Crippen LogP contribution >= 0.6 is 11.6 Å². The van der Waals surface area contributed by atoms with E-state index in [1.807, 2.05) is 6.92 Å². The number of hydrogen-bond donors (Lipinski definition) is 0. The standard InChI is InChI=1S/C15H21ClN2/c1-5-10(2)9-18-14-7-6-11(3)8-13(14)17-15(18)12(4)16/h6-8,10,12H,5,9H2,1-4H3. The van der Waals surface area contributed by atoms with Crippen LogP contribution in [0.25, 0.3) is 11.0 Å². The molecule has 2 unspecified atom stereocenters. The van der Waals surface area contributed by atoms with Crippen molar-refractivity contribution in [3.05, 3.63) is 29.6 Å². The van der Waals surface area contributed by atoms with E-state index < -0.39 is 0 Å². The first-order valence-corrected chi connectivity index (χ1v) is 7.07. The van der Waals surface area contributed by atoms with E-state index in [0.29, 0.717) is 5.92 Å². The monoisotopic (exact) mass is 264 g/mol. The smallest absolute Gasteiger partial charge is 0.127 e. The zero-order valence-corrected chi connectivity index (χ0v) is 12.3. The van der Waals surface area contributed by atoms with E-state index in [2.05, 4.69) is 43.5 Å². The molecule has 0 N–H and O–H groups in total. The van der Waals surface area contributed by atoms with Crippen LogP contribution in [-0.2, 0) is 6.54 Å². The van der Waals surface area contributed by atoms with Crippen molar-refractivity contribution < 1.29 is 0 Å². The van der Waals surface area contributed by atoms with Crippen molar-refractivity contribution in [3.8, 4) is 0 Å². The molecule has 0 aliphatic carbocycles. The molecule has 0 saturated heterocycles. The Kier molecular flexibility index (Phi) is 3.96. The van der Waals surface area contributed by atoms with Crippen LogP contribution in [0, 0.1) is 12.8 Å². The van der Waals surface area contributed by atoms with Gasteiger partial charge in [-0.25, -0.2) is 4.98 Å². The first-order valence-electron chi connectivity index (χ1n) is 6.63. The molecule has 0 fully saturated rings. The summed E-state index contributed by atoms with van der Waals surface area (Å²) in [4.78, 5) is 4.69. The van der Waals surface area contributed by atoms with Crippen molar-refractivity contribution in [3.63, 3.8) is 0 Å². The molecule has 0 bridgehead atoms. The van der Waals surface area contributed by atoms with E-state index in [4.69, 9.17) is 16.6 Å². The average Bonchev–Trinajstić information content (AvgIpc) is 2.67. The van der Waals surface area contributed by atoms with Gasteiger partial charge in [-0.15, -0.1) is 11.6 Å². The van der Waals surface area contributed by atoms with Crippen LogP contribution in [-0.4, -0.2) is 9.55 Å². The molecule has 0 aliphatic rings. The van der Waals surface area contributed by atoms with Crippen LogP contribution in [0.4, 0.5) is 0 Å². The Morgan fingerprint density at radius 2 is 2.06 bits per heavy atom. The lowest BCUT2D eigenvalue weighted by Gasteiger charge is -2.14. The van der Waals surface area contributed by atoms with Gasteiger partial charge in [0.15, 0.2) is 0 Å². The van der Waals surface area contributed by atoms with E-state index in [0.717, 1.165) is 17.9 Å². The van der Waals surface area contributed by atoms with Crippen LogP contribution in [0.15, 0.2) is 18.2 Å². The van der Waals surface area contributed by atoms with E-state index >= 15 is 0 Å². The Morgan fingerprint density at radius 3 is 2.67 bits per heavy atom. The van der Waals surface area contributed by atoms with E-state index in [-0.39, 0.29) is 5.38 Å². The zero-order chi connectivity index (χ0) is 13.3. The fourth-order valence-electron chi connectivity index (χ4n) is 2.19. The molecule has 2 atom stereocenters. The SMILES string of the molecule is CCC(C)Cn1c(C(C)Cl)nc2cc(C)ccc21. The van der Waals surface area contributed by atoms with Gasteiger partial charge in [0.05, 0.1) is 16.4 Å². The highest BCUT2D eigenvalue weighted by Gasteiger charge is 2.16. The van der Waals surface area contributed by atoms with Gasteiger partial charge >= 0.3 is 0 Å². The summed E-state index contributed by atoms with van der Waals surface area (Å²) in [6.45, 7) is 9.56. The molecule has 1 aromatic carbocycles. The second kappa shape index (κ2) is 5.31. The van der Waals surface area contributed by atoms with Gasteiger partial charge in [-0.1, -0.05) is 26.3 Å². The molecule has 18 heavy (non-hydrogen) atoms. The summed E-state index contributed by atoms with van der Waals surface area (Å²) in [5.74, 6) is 1.62. The van der Waals surface area contributed by atoms with Crippen LogP contribution in [0.3, 0.4) is 0 Å². The number of imidazole rings is 1. The predicted octanol–water partition coefficient (Wildman–Crippen LogP) is 4.69. The Balaban J connectivity index is 2.55. The maximum absolute atomic E-state index is 6.26. The highest BCUT2D eigenvalue weighted by Crippen LogP contribution is 2.26. The van der Waals surface area contributed by atoms with Gasteiger partial charge in [0.1, 0.15) is 5.82 Å². The number of nitrogens with zero attached hydrogens (tertiary/aromatic N) is 2. The van der Waals surface area contributed by atoms with Crippen molar-refractivity contribution in [2.45, 2.75) is 46.0 Å². The quantitative estimate of drug-likeness (QED) is 0.733. The number of benzene rings is 1. The molecule has 1 aromatic heterocycles. The molecule has 0 saturated carbocycles. The van der Waals surface area contributed by atoms with Gasteiger partial charge in [0, 0.05) is 6.54 Å². The number of aryl methyl sites for hydroxylation is 1. The van der Waals surface area contributed by atoms with Crippen molar-refractivity contribution >= 4 is 22.6 Å². The van der Waals surface area contributed by atoms with E-state index in [1.54, 1.807) is 0 Å². The number of alkyl halides is 1. The maximum atomic E-state index is 6.26. The Hall–Kier alpha value is -1.02. The molecule has 0 amide bonds. The molecule has 0 radical (unpaired) electrons. The van der Waals surface area contributed by atoms with Crippen LogP contribution < -0.4 is 0 Å². The predicted molar refractivity (Wildman–Crippen MR) is 78.2 cm³/mol. The molecule has 0 spiro atoms. The number of fused-ring (bicyclic) bond motifs is 1. The lowest BCUT2D eigenvalue weighted by atomic mass is 10.1. The minimum Gasteiger partial charge on any atom is -0.326 e. The summed E-state index contributed by atoms with van der Waals surface area (Å²) in [5.41, 5.74) is 3.49. The van der Waals surface area contributed by atoms with Gasteiger partial charge in [-0.2, -0.15) is 0 Å². The van der Waals surface area contributed by atoms with E-state index in [9.17, 15) is 0 Å². The van der Waals surface area contributed by atoms with Gasteiger partial charge < -0.3 is 4.57 Å². The Morgan fingerprint density at radius 1 is 1.33 bits per heavy atom. The van der Waals surface area contributed by atoms with Gasteiger partial charge in [0.2, 0.25) is 0 Å². The molecule has 98 valence electrons. The molecule has 2 rings (SSSR count). The largest absolute Gasteiger partial charge is 0.326 e. The second-order valence-corrected chi connectivity index (χ2v) is 5.86. The third kappa shape index (κ3) is 2.54. The molecule has 2 aromatic rings. The van der Waals surface area contributed by atoms with Gasteiger partial charge in [0.25, 0.3) is 0 Å². The van der Waals surface area contributed by atoms with Crippen LogP contribution in [0.2, 0.25) is 0 Å². The first-order chi connectivity index (χ1) is 8.52. The first kappa shape index (κ1) is 13.4. The van der Waals surface area contributed by atoms with Crippen molar-refractivity contribution in [2.75, 3.05) is 0 Å². The number of halogens is 1. The third-order valence-corrected chi connectivity index (χ3v) is 3.68. The summed E-state index contributed by atoms with van der Waals surface area (Å²) in [7, 11) is 0. The fraction of sp³-hybridized carbons (Fsp3) is 0.533. The summed E-state index contributed by atoms with van der Waals surface area (Å²) in [5, 5.41) is -0.0539. The molecule has 3 heteroatoms. The maximum Gasteiger partial charge on any atom is 0.127 e. The lowest BCUT2D eigenvalue weighted by Crippen LogP contribution is -2.10. The lowest BCUT2D eigenvalue weighted by molar-refractivity contribution is 0.465. The third-order valence-electron chi connectivity index (χ3n) is 3.48. The molecule has 0 aliphatic heterocycles. The zero-order valence-electron chi connectivity index (χ0n) is 11.6. The van der Waals surface area contributed by atoms with Gasteiger partial charge in [-0.3, -0.25) is 0 Å². The highest BCUT2D eigenvalue weighted by molar-refractivity contribution is 6.20. The topological polar surface area (TPSA) is 17.8 Å². The number of hydrogen-bond acceptors (Lipinski definition) is 1. The van der Waals surface area contributed by atoms with Gasteiger partial charge in [-0.05, 0) is 37.5 Å².